The fraction of sp³-hybridized carbons (Fsp3) is 0.310. The van der Waals surface area contributed by atoms with Crippen LogP contribution in [-0.2, 0) is 18.1 Å². The molecular weight excluding hydrogens is 532 g/mol. The summed E-state index contributed by atoms with van der Waals surface area (Å²) in [6.07, 6.45) is 1.38. The molecule has 0 aliphatic carbocycles. The number of hydrogen-bond acceptors (Lipinski definition) is 3. The number of pyridine rings is 1. The first-order chi connectivity index (χ1) is 18.7. The molecule has 3 aromatic rings. The normalized spacial score (nSPS) is 16.6. The van der Waals surface area contributed by atoms with E-state index in [1.165, 1.54) is 28.1 Å². The number of nitrogens with one attached hydrogen (secondary N) is 1. The van der Waals surface area contributed by atoms with Crippen LogP contribution in [0.15, 0.2) is 66.9 Å². The number of carbonyl (C=O) groups excluding carboxylic acids is 1. The maximum Gasteiger partial charge on any atom is 0.416 e. The summed E-state index contributed by atoms with van der Waals surface area (Å²) in [5, 5.41) is 3.82. The van der Waals surface area contributed by atoms with Crippen molar-refractivity contribution in [1.29, 1.82) is 0 Å². The molecule has 0 saturated carbocycles. The summed E-state index contributed by atoms with van der Waals surface area (Å²) in [4.78, 5) is 20.6. The monoisotopic (exact) mass is 558 g/mol. The number of nitrogens with zero attached hydrogens (tertiary/aromatic N) is 3. The van der Waals surface area contributed by atoms with Crippen molar-refractivity contribution in [2.24, 2.45) is 0 Å². The minimum atomic E-state index is -4.54. The van der Waals surface area contributed by atoms with Crippen molar-refractivity contribution < 1.29 is 22.4 Å². The summed E-state index contributed by atoms with van der Waals surface area (Å²) < 4.78 is 56.3. The van der Waals surface area contributed by atoms with Gasteiger partial charge in [0.05, 0.1) is 5.56 Å². The van der Waals surface area contributed by atoms with Crippen molar-refractivity contribution in [2.45, 2.75) is 31.0 Å². The van der Waals surface area contributed by atoms with Crippen LogP contribution in [0.5, 0.6) is 0 Å². The highest BCUT2D eigenvalue weighted by Crippen LogP contribution is 2.51. The largest absolute Gasteiger partial charge is 0.416 e. The van der Waals surface area contributed by atoms with Gasteiger partial charge in [0, 0.05) is 42.0 Å². The fourth-order valence-corrected chi connectivity index (χ4v) is 5.67. The number of amides is 2. The minimum absolute atomic E-state index is 0.0581. The van der Waals surface area contributed by atoms with Crippen LogP contribution in [0.1, 0.15) is 35.1 Å². The van der Waals surface area contributed by atoms with E-state index in [0.29, 0.717) is 36.5 Å². The van der Waals surface area contributed by atoms with Crippen LogP contribution in [-0.4, -0.2) is 42.1 Å². The molecule has 0 bridgehead atoms. The summed E-state index contributed by atoms with van der Waals surface area (Å²) in [7, 11) is 0. The number of carbonyl (C=O) groups is 1. The van der Waals surface area contributed by atoms with E-state index >= 15 is 0 Å². The summed E-state index contributed by atoms with van der Waals surface area (Å²) in [6.45, 7) is 1.50. The minimum Gasteiger partial charge on any atom is -0.317 e. The third kappa shape index (κ3) is 5.79. The molecule has 204 valence electrons. The molecule has 3 heterocycles. The molecule has 10 heteroatoms. The molecule has 0 radical (unpaired) electrons. The quantitative estimate of drug-likeness (QED) is 0.281. The molecule has 1 fully saturated rings. The highest BCUT2D eigenvalue weighted by atomic mass is 35.5. The third-order valence-electron chi connectivity index (χ3n) is 7.36. The van der Waals surface area contributed by atoms with Gasteiger partial charge in [-0.05, 0) is 79.0 Å². The molecule has 5 rings (SSSR count). The highest BCUT2D eigenvalue weighted by Gasteiger charge is 2.51. The van der Waals surface area contributed by atoms with Crippen LogP contribution in [0.4, 0.5) is 28.0 Å². The Morgan fingerprint density at radius 3 is 2.56 bits per heavy atom. The Morgan fingerprint density at radius 2 is 1.87 bits per heavy atom. The molecule has 0 unspecified atom stereocenters. The van der Waals surface area contributed by atoms with E-state index < -0.39 is 29.1 Å². The number of piperidine rings is 1. The standard InChI is InChI=1S/C29H27ClF4N4O/c30-22-8-6-20(7-9-22)3-2-16-37(18-21-10-13-36-25(31)17-21)27(39)38-19-28(11-14-35-15-12-28)26-23(29(32,33)34)4-1-5-24(26)38/h1-10,13,17,35H,11-12,14-16,18-19H2. The first kappa shape index (κ1) is 27.1. The van der Waals surface area contributed by atoms with E-state index in [2.05, 4.69) is 10.3 Å². The van der Waals surface area contributed by atoms with E-state index in [1.807, 2.05) is 18.2 Å². The second kappa shape index (κ2) is 11.0. The summed E-state index contributed by atoms with van der Waals surface area (Å²) >= 11 is 5.96. The maximum atomic E-state index is 14.2. The Bertz CT molecular complexity index is 1370. The third-order valence-corrected chi connectivity index (χ3v) is 7.61. The van der Waals surface area contributed by atoms with Crippen molar-refractivity contribution in [3.8, 4) is 0 Å². The van der Waals surface area contributed by atoms with Crippen molar-refractivity contribution in [3.05, 3.63) is 100 Å². The van der Waals surface area contributed by atoms with E-state index in [9.17, 15) is 22.4 Å². The zero-order valence-electron chi connectivity index (χ0n) is 21.0. The lowest BCUT2D eigenvalue weighted by Gasteiger charge is -2.36. The van der Waals surface area contributed by atoms with Crippen LogP contribution in [0.3, 0.4) is 0 Å². The average Bonchev–Trinajstić information content (AvgIpc) is 3.22. The van der Waals surface area contributed by atoms with Crippen molar-refractivity contribution in [2.75, 3.05) is 31.1 Å². The van der Waals surface area contributed by atoms with Crippen molar-refractivity contribution >= 4 is 29.4 Å². The van der Waals surface area contributed by atoms with Gasteiger partial charge >= 0.3 is 12.2 Å². The average molecular weight is 559 g/mol. The molecule has 5 nitrogen and oxygen atoms in total. The first-order valence-corrected chi connectivity index (χ1v) is 13.0. The number of benzene rings is 2. The van der Waals surface area contributed by atoms with Gasteiger partial charge in [-0.15, -0.1) is 0 Å². The number of hydrogen-bond donors (Lipinski definition) is 1. The summed E-state index contributed by atoms with van der Waals surface area (Å²) in [5.41, 5.74) is 0.383. The predicted molar refractivity (Wildman–Crippen MR) is 143 cm³/mol. The van der Waals surface area contributed by atoms with E-state index in [-0.39, 0.29) is 30.9 Å². The Kier molecular flexibility index (Phi) is 7.64. The summed E-state index contributed by atoms with van der Waals surface area (Å²) in [5.74, 6) is -0.674. The van der Waals surface area contributed by atoms with Crippen LogP contribution in [0.2, 0.25) is 5.02 Å². The lowest BCUT2D eigenvalue weighted by molar-refractivity contribution is -0.138. The predicted octanol–water partition coefficient (Wildman–Crippen LogP) is 6.67. The molecule has 2 aliphatic heterocycles. The Labute approximate surface area is 229 Å². The van der Waals surface area contributed by atoms with Crippen LogP contribution >= 0.6 is 11.6 Å². The summed E-state index contributed by atoms with van der Waals surface area (Å²) in [6, 6.07) is 13.6. The molecule has 39 heavy (non-hydrogen) atoms. The second-order valence-corrected chi connectivity index (χ2v) is 10.4. The fourth-order valence-electron chi connectivity index (χ4n) is 5.54. The lowest BCUT2D eigenvalue weighted by Crippen LogP contribution is -2.48. The number of fused-ring (bicyclic) bond motifs is 2. The number of urea groups is 1. The molecule has 1 N–H and O–H groups in total. The number of anilines is 1. The van der Waals surface area contributed by atoms with Gasteiger partial charge in [-0.2, -0.15) is 17.6 Å². The smallest absolute Gasteiger partial charge is 0.317 e. The van der Waals surface area contributed by atoms with Gasteiger partial charge in [0.2, 0.25) is 5.95 Å². The van der Waals surface area contributed by atoms with Crippen LogP contribution < -0.4 is 10.2 Å². The van der Waals surface area contributed by atoms with E-state index in [0.717, 1.165) is 11.6 Å². The second-order valence-electron chi connectivity index (χ2n) is 9.92. The molecule has 2 aromatic carbocycles. The molecular formula is C29H27ClF4N4O. The van der Waals surface area contributed by atoms with Gasteiger partial charge < -0.3 is 10.2 Å². The first-order valence-electron chi connectivity index (χ1n) is 12.7. The zero-order valence-corrected chi connectivity index (χ0v) is 21.8. The van der Waals surface area contributed by atoms with Gasteiger partial charge in [-0.1, -0.05) is 42.0 Å². The Hall–Kier alpha value is -3.43. The number of rotatable bonds is 5. The van der Waals surface area contributed by atoms with Crippen molar-refractivity contribution in [3.63, 3.8) is 0 Å². The van der Waals surface area contributed by atoms with Gasteiger partial charge in [0.1, 0.15) is 0 Å². The number of alkyl halides is 3. The topological polar surface area (TPSA) is 48.5 Å². The van der Waals surface area contributed by atoms with Gasteiger partial charge in [-0.25, -0.2) is 9.78 Å². The van der Waals surface area contributed by atoms with Gasteiger partial charge in [0.15, 0.2) is 0 Å². The van der Waals surface area contributed by atoms with Crippen molar-refractivity contribution in [1.82, 2.24) is 15.2 Å². The maximum absolute atomic E-state index is 14.2. The Morgan fingerprint density at radius 1 is 1.13 bits per heavy atom. The number of aromatic nitrogens is 1. The van der Waals surface area contributed by atoms with Crippen LogP contribution in [0, 0.1) is 5.95 Å². The molecule has 1 saturated heterocycles. The molecule has 2 amide bonds. The van der Waals surface area contributed by atoms with E-state index in [4.69, 9.17) is 11.6 Å². The zero-order chi connectivity index (χ0) is 27.6. The molecule has 2 aliphatic rings. The van der Waals surface area contributed by atoms with Gasteiger partial charge in [-0.3, -0.25) is 4.90 Å². The molecule has 0 atom stereocenters. The molecule has 1 aromatic heterocycles. The van der Waals surface area contributed by atoms with Gasteiger partial charge in [0.25, 0.3) is 0 Å². The lowest BCUT2D eigenvalue weighted by atomic mass is 9.73. The Balaban J connectivity index is 1.50. The highest BCUT2D eigenvalue weighted by molar-refractivity contribution is 6.30. The van der Waals surface area contributed by atoms with E-state index in [1.54, 1.807) is 30.3 Å². The SMILES string of the molecule is O=C(N(CC=Cc1ccc(Cl)cc1)Cc1ccnc(F)c1)N1CC2(CCNCC2)c2c1cccc2C(F)(F)F. The molecule has 1 spiro atoms. The van der Waals surface area contributed by atoms with Crippen LogP contribution in [0.25, 0.3) is 6.08 Å². The number of halogens is 5.